The number of halogens is 7. The normalized spacial score (nSPS) is 12.5. The van der Waals surface area contributed by atoms with Gasteiger partial charge in [0.05, 0.1) is 11.1 Å². The molecule has 0 aromatic heterocycles. The van der Waals surface area contributed by atoms with Gasteiger partial charge in [0.15, 0.2) is 0 Å². The molecule has 2 aromatic carbocycles. The average Bonchev–Trinajstić information content (AvgIpc) is 2.42. The van der Waals surface area contributed by atoms with Gasteiger partial charge in [0.2, 0.25) is 0 Å². The van der Waals surface area contributed by atoms with Crippen LogP contribution < -0.4 is 10.5 Å². The van der Waals surface area contributed by atoms with E-state index in [0.717, 1.165) is 24.3 Å². The first-order chi connectivity index (χ1) is 10.2. The molecule has 0 bridgehead atoms. The number of nitrogens with two attached hydrogens (primary N) is 1. The standard InChI is InChI=1S/C14H9ClF5NO.ClH/c15-9-5-6-10(16)11(12(9)17)13(21)7-1-3-8(4-2-7)22-14(18,19)20;/h1-6,13H,21H2;1H/t13-;/m1./s1. The molecule has 2 nitrogen and oxygen atoms in total. The van der Waals surface area contributed by atoms with Crippen molar-refractivity contribution in [3.05, 3.63) is 64.2 Å². The number of rotatable bonds is 3. The summed E-state index contributed by atoms with van der Waals surface area (Å²) >= 11 is 5.57. The van der Waals surface area contributed by atoms with Gasteiger partial charge in [-0.2, -0.15) is 0 Å². The highest BCUT2D eigenvalue weighted by molar-refractivity contribution is 6.30. The molecule has 0 spiro atoms. The van der Waals surface area contributed by atoms with E-state index in [1.54, 1.807) is 0 Å². The van der Waals surface area contributed by atoms with Gasteiger partial charge in [0, 0.05) is 5.56 Å². The fraction of sp³-hybridized carbons (Fsp3) is 0.143. The maximum atomic E-state index is 13.9. The fourth-order valence-electron chi connectivity index (χ4n) is 1.87. The summed E-state index contributed by atoms with van der Waals surface area (Å²) < 4.78 is 67.5. The Bertz CT molecular complexity index is 676. The molecule has 2 N–H and O–H groups in total. The van der Waals surface area contributed by atoms with Crippen molar-refractivity contribution in [3.63, 3.8) is 0 Å². The molecule has 0 unspecified atom stereocenters. The Hall–Kier alpha value is -1.57. The van der Waals surface area contributed by atoms with Crippen molar-refractivity contribution in [3.8, 4) is 5.75 Å². The molecule has 9 heteroatoms. The lowest BCUT2D eigenvalue weighted by Gasteiger charge is -2.16. The highest BCUT2D eigenvalue weighted by Gasteiger charge is 2.31. The second kappa shape index (κ2) is 7.33. The number of benzene rings is 2. The summed E-state index contributed by atoms with van der Waals surface area (Å²) in [6, 6.07) is 5.16. The highest BCUT2D eigenvalue weighted by atomic mass is 35.5. The number of hydrogen-bond acceptors (Lipinski definition) is 2. The summed E-state index contributed by atoms with van der Waals surface area (Å²) in [7, 11) is 0. The molecule has 0 heterocycles. The Kier molecular flexibility index (Phi) is 6.21. The van der Waals surface area contributed by atoms with Gasteiger partial charge in [0.25, 0.3) is 0 Å². The van der Waals surface area contributed by atoms with E-state index in [-0.39, 0.29) is 23.0 Å². The van der Waals surface area contributed by atoms with E-state index >= 15 is 0 Å². The van der Waals surface area contributed by atoms with Crippen LogP contribution in [-0.4, -0.2) is 6.36 Å². The van der Waals surface area contributed by atoms with E-state index in [0.29, 0.717) is 0 Å². The third-order valence-corrected chi connectivity index (χ3v) is 3.16. The van der Waals surface area contributed by atoms with Gasteiger partial charge in [-0.25, -0.2) is 8.78 Å². The molecule has 0 fully saturated rings. The van der Waals surface area contributed by atoms with Crippen molar-refractivity contribution < 1.29 is 26.7 Å². The van der Waals surface area contributed by atoms with Crippen LogP contribution in [0.5, 0.6) is 5.75 Å². The van der Waals surface area contributed by atoms with Gasteiger partial charge < -0.3 is 10.5 Å². The van der Waals surface area contributed by atoms with Gasteiger partial charge in [0.1, 0.15) is 17.4 Å². The Morgan fingerprint density at radius 1 is 1.00 bits per heavy atom. The zero-order valence-corrected chi connectivity index (χ0v) is 12.8. The zero-order valence-electron chi connectivity index (χ0n) is 11.2. The molecule has 2 rings (SSSR count). The zero-order chi connectivity index (χ0) is 16.5. The summed E-state index contributed by atoms with van der Waals surface area (Å²) in [4.78, 5) is 0. The molecule has 126 valence electrons. The summed E-state index contributed by atoms with van der Waals surface area (Å²) in [5, 5.41) is -0.302. The Balaban J connectivity index is 0.00000264. The number of hydrogen-bond donors (Lipinski definition) is 1. The van der Waals surface area contributed by atoms with E-state index in [9.17, 15) is 22.0 Å². The first-order valence-electron chi connectivity index (χ1n) is 5.93. The molecule has 0 aliphatic carbocycles. The van der Waals surface area contributed by atoms with E-state index in [1.165, 1.54) is 12.1 Å². The van der Waals surface area contributed by atoms with E-state index < -0.39 is 35.4 Å². The van der Waals surface area contributed by atoms with Crippen molar-refractivity contribution in [2.24, 2.45) is 5.73 Å². The summed E-state index contributed by atoms with van der Waals surface area (Å²) in [6.45, 7) is 0. The monoisotopic (exact) mass is 373 g/mol. The van der Waals surface area contributed by atoms with Crippen LogP contribution in [-0.2, 0) is 0 Å². The molecule has 0 saturated carbocycles. The van der Waals surface area contributed by atoms with Crippen LogP contribution in [0.3, 0.4) is 0 Å². The maximum Gasteiger partial charge on any atom is 0.573 e. The van der Waals surface area contributed by atoms with Crippen LogP contribution in [0, 0.1) is 11.6 Å². The van der Waals surface area contributed by atoms with Crippen LogP contribution in [0.25, 0.3) is 0 Å². The Morgan fingerprint density at radius 2 is 1.57 bits per heavy atom. The first-order valence-corrected chi connectivity index (χ1v) is 6.31. The minimum absolute atomic E-state index is 0. The lowest BCUT2D eigenvalue weighted by molar-refractivity contribution is -0.274. The second-order valence-electron chi connectivity index (χ2n) is 4.35. The third kappa shape index (κ3) is 4.70. The van der Waals surface area contributed by atoms with Gasteiger partial charge in [-0.1, -0.05) is 23.7 Å². The molecule has 0 aliphatic heterocycles. The maximum absolute atomic E-state index is 13.9. The second-order valence-corrected chi connectivity index (χ2v) is 4.76. The lowest BCUT2D eigenvalue weighted by atomic mass is 9.98. The van der Waals surface area contributed by atoms with Crippen molar-refractivity contribution in [2.45, 2.75) is 12.4 Å². The minimum atomic E-state index is -4.82. The van der Waals surface area contributed by atoms with Gasteiger partial charge in [-0.3, -0.25) is 0 Å². The van der Waals surface area contributed by atoms with Crippen LogP contribution in [0.15, 0.2) is 36.4 Å². The SMILES string of the molecule is Cl.N[C@H](c1ccc(OC(F)(F)F)cc1)c1c(F)ccc(Cl)c1F. The van der Waals surface area contributed by atoms with E-state index in [4.69, 9.17) is 17.3 Å². The van der Waals surface area contributed by atoms with Crippen molar-refractivity contribution in [1.29, 1.82) is 0 Å². The summed E-state index contributed by atoms with van der Waals surface area (Å²) in [6.07, 6.45) is -4.82. The molecule has 0 aliphatic rings. The first kappa shape index (κ1) is 19.5. The Labute approximate surface area is 139 Å². The van der Waals surface area contributed by atoms with Gasteiger partial charge in [-0.15, -0.1) is 25.6 Å². The topological polar surface area (TPSA) is 35.2 Å². The van der Waals surface area contributed by atoms with Crippen LogP contribution in [0.2, 0.25) is 5.02 Å². The lowest BCUT2D eigenvalue weighted by Crippen LogP contribution is -2.18. The van der Waals surface area contributed by atoms with E-state index in [2.05, 4.69) is 4.74 Å². The smallest absolute Gasteiger partial charge is 0.406 e. The molecule has 0 radical (unpaired) electrons. The molecule has 0 saturated heterocycles. The van der Waals surface area contributed by atoms with Crippen LogP contribution in [0.1, 0.15) is 17.2 Å². The van der Waals surface area contributed by atoms with Crippen molar-refractivity contribution in [2.75, 3.05) is 0 Å². The van der Waals surface area contributed by atoms with Crippen molar-refractivity contribution in [1.82, 2.24) is 0 Å². The number of ether oxygens (including phenoxy) is 1. The van der Waals surface area contributed by atoms with Crippen LogP contribution >= 0.6 is 24.0 Å². The minimum Gasteiger partial charge on any atom is -0.406 e. The van der Waals surface area contributed by atoms with Gasteiger partial charge >= 0.3 is 6.36 Å². The predicted molar refractivity (Wildman–Crippen MR) is 77.8 cm³/mol. The number of alkyl halides is 3. The third-order valence-electron chi connectivity index (χ3n) is 2.86. The fourth-order valence-corrected chi connectivity index (χ4v) is 2.04. The Morgan fingerprint density at radius 3 is 2.09 bits per heavy atom. The van der Waals surface area contributed by atoms with Crippen LogP contribution in [0.4, 0.5) is 22.0 Å². The molecular weight excluding hydrogens is 364 g/mol. The summed E-state index contributed by atoms with van der Waals surface area (Å²) in [5.74, 6) is -2.37. The predicted octanol–water partition coefficient (Wildman–Crippen LogP) is 4.99. The van der Waals surface area contributed by atoms with E-state index in [1.807, 2.05) is 0 Å². The molecule has 0 amide bonds. The van der Waals surface area contributed by atoms with Gasteiger partial charge in [-0.05, 0) is 29.8 Å². The van der Waals surface area contributed by atoms with Crippen molar-refractivity contribution >= 4 is 24.0 Å². The molecule has 2 aromatic rings. The largest absolute Gasteiger partial charge is 0.573 e. The molecular formula is C14H10Cl2F5NO. The highest BCUT2D eigenvalue weighted by Crippen LogP contribution is 2.30. The quantitative estimate of drug-likeness (QED) is 0.607. The average molecular weight is 374 g/mol. The molecule has 1 atom stereocenters. The molecule has 23 heavy (non-hydrogen) atoms. The summed E-state index contributed by atoms with van der Waals surface area (Å²) in [5.41, 5.74) is 5.50.